The number of para-hydroxylation sites is 2. The van der Waals surface area contributed by atoms with Crippen LogP contribution in [0.3, 0.4) is 0 Å². The predicted molar refractivity (Wildman–Crippen MR) is 82.3 cm³/mol. The maximum absolute atomic E-state index is 5.85. The van der Waals surface area contributed by atoms with Crippen LogP contribution in [-0.2, 0) is 6.54 Å². The van der Waals surface area contributed by atoms with Crippen molar-refractivity contribution in [2.75, 3.05) is 23.3 Å². The molecule has 0 amide bonds. The zero-order valence-corrected chi connectivity index (χ0v) is 12.2. The molecule has 100 valence electrons. The number of benzene rings is 1. The smallest absolute Gasteiger partial charge is 0.183 e. The first-order valence-electron chi connectivity index (χ1n) is 6.51. The molecule has 0 radical (unpaired) electrons. The molecule has 0 spiro atoms. The summed E-state index contributed by atoms with van der Waals surface area (Å²) in [6.07, 6.45) is 4.41. The lowest BCUT2D eigenvalue weighted by Crippen LogP contribution is -2.19. The van der Waals surface area contributed by atoms with Crippen LogP contribution in [0, 0.1) is 0 Å². The van der Waals surface area contributed by atoms with Gasteiger partial charge in [0.2, 0.25) is 0 Å². The number of hydrogen-bond donors (Lipinski definition) is 1. The van der Waals surface area contributed by atoms with Crippen molar-refractivity contribution in [3.63, 3.8) is 0 Å². The van der Waals surface area contributed by atoms with E-state index in [2.05, 4.69) is 39.5 Å². The van der Waals surface area contributed by atoms with E-state index in [1.165, 1.54) is 35.6 Å². The fraction of sp³-hybridized carbons (Fsp3) is 0.357. The third-order valence-corrected chi connectivity index (χ3v) is 4.44. The maximum atomic E-state index is 5.85. The van der Waals surface area contributed by atoms with E-state index in [1.807, 2.05) is 6.20 Å². The number of halogens is 1. The summed E-state index contributed by atoms with van der Waals surface area (Å²) < 4.78 is 0.602. The van der Waals surface area contributed by atoms with Gasteiger partial charge in [-0.05, 0) is 25.0 Å². The Morgan fingerprint density at radius 1 is 1.26 bits per heavy atom. The molecule has 1 fully saturated rings. The number of nitrogens with one attached hydrogen (secondary N) is 1. The Bertz CT molecular complexity index is 549. The van der Waals surface area contributed by atoms with Crippen molar-refractivity contribution in [1.82, 2.24) is 4.98 Å². The van der Waals surface area contributed by atoms with Crippen LogP contribution in [0.15, 0.2) is 30.5 Å². The standard InChI is InChI=1S/C14H16ClN3S/c15-14-17-10-11(19-14)9-16-12-5-1-2-6-13(12)18-7-3-4-8-18/h1-2,5-6,10,16H,3-4,7-9H2. The molecule has 0 unspecified atom stereocenters. The normalized spacial score (nSPS) is 14.9. The number of aromatic nitrogens is 1. The van der Waals surface area contributed by atoms with Crippen LogP contribution < -0.4 is 10.2 Å². The van der Waals surface area contributed by atoms with E-state index in [1.54, 1.807) is 0 Å². The van der Waals surface area contributed by atoms with Gasteiger partial charge in [0.25, 0.3) is 0 Å². The first-order chi connectivity index (χ1) is 9.33. The third-order valence-electron chi connectivity index (χ3n) is 3.33. The first kappa shape index (κ1) is 12.8. The summed E-state index contributed by atoms with van der Waals surface area (Å²) in [6, 6.07) is 8.49. The molecule has 1 aliphatic heterocycles. The lowest BCUT2D eigenvalue weighted by Gasteiger charge is -2.21. The Kier molecular flexibility index (Phi) is 3.89. The van der Waals surface area contributed by atoms with E-state index >= 15 is 0 Å². The molecule has 1 aromatic heterocycles. The van der Waals surface area contributed by atoms with E-state index in [0.29, 0.717) is 4.47 Å². The van der Waals surface area contributed by atoms with Gasteiger partial charge in [-0.3, -0.25) is 0 Å². The minimum absolute atomic E-state index is 0.602. The van der Waals surface area contributed by atoms with Gasteiger partial charge in [-0.2, -0.15) is 0 Å². The van der Waals surface area contributed by atoms with Crippen LogP contribution in [-0.4, -0.2) is 18.1 Å². The lowest BCUT2D eigenvalue weighted by atomic mass is 10.2. The van der Waals surface area contributed by atoms with E-state index in [0.717, 1.165) is 24.5 Å². The number of thiazole rings is 1. The summed E-state index contributed by atoms with van der Waals surface area (Å²) >= 11 is 7.37. The first-order valence-corrected chi connectivity index (χ1v) is 7.70. The molecule has 1 aliphatic rings. The second kappa shape index (κ2) is 5.80. The van der Waals surface area contributed by atoms with Crippen LogP contribution in [0.4, 0.5) is 11.4 Å². The van der Waals surface area contributed by atoms with Gasteiger partial charge in [-0.25, -0.2) is 4.98 Å². The summed E-state index contributed by atoms with van der Waals surface area (Å²) in [6.45, 7) is 3.09. The van der Waals surface area contributed by atoms with Gasteiger partial charge >= 0.3 is 0 Å². The van der Waals surface area contributed by atoms with E-state index in [-0.39, 0.29) is 0 Å². The van der Waals surface area contributed by atoms with E-state index in [4.69, 9.17) is 11.6 Å². The topological polar surface area (TPSA) is 28.2 Å². The molecule has 1 saturated heterocycles. The quantitative estimate of drug-likeness (QED) is 0.923. The van der Waals surface area contributed by atoms with Gasteiger partial charge in [0.05, 0.1) is 17.9 Å². The molecule has 5 heteroatoms. The molecular formula is C14H16ClN3S. The van der Waals surface area contributed by atoms with Crippen molar-refractivity contribution in [2.24, 2.45) is 0 Å². The van der Waals surface area contributed by atoms with Gasteiger partial charge < -0.3 is 10.2 Å². The minimum Gasteiger partial charge on any atom is -0.378 e. The average Bonchev–Trinajstić information content (AvgIpc) is 3.08. The van der Waals surface area contributed by atoms with E-state index < -0.39 is 0 Å². The van der Waals surface area contributed by atoms with Gasteiger partial charge in [-0.15, -0.1) is 11.3 Å². The van der Waals surface area contributed by atoms with Gasteiger partial charge in [0.1, 0.15) is 0 Å². The molecule has 1 aromatic carbocycles. The molecule has 0 saturated carbocycles. The Balaban J connectivity index is 1.73. The summed E-state index contributed by atoms with van der Waals surface area (Å²) in [5.74, 6) is 0. The molecule has 2 heterocycles. The molecule has 2 aromatic rings. The van der Waals surface area contributed by atoms with Crippen molar-refractivity contribution in [2.45, 2.75) is 19.4 Å². The Hall–Kier alpha value is -1.26. The molecule has 0 bridgehead atoms. The Morgan fingerprint density at radius 2 is 2.05 bits per heavy atom. The Morgan fingerprint density at radius 3 is 2.79 bits per heavy atom. The van der Waals surface area contributed by atoms with E-state index in [9.17, 15) is 0 Å². The molecule has 19 heavy (non-hydrogen) atoms. The second-order valence-electron chi connectivity index (χ2n) is 4.64. The molecule has 3 rings (SSSR count). The zero-order valence-electron chi connectivity index (χ0n) is 10.6. The minimum atomic E-state index is 0.602. The monoisotopic (exact) mass is 293 g/mol. The fourth-order valence-corrected chi connectivity index (χ4v) is 3.32. The van der Waals surface area contributed by atoms with Crippen molar-refractivity contribution < 1.29 is 0 Å². The van der Waals surface area contributed by atoms with Crippen LogP contribution in [0.2, 0.25) is 4.47 Å². The van der Waals surface area contributed by atoms with Crippen molar-refractivity contribution in [3.05, 3.63) is 39.8 Å². The summed E-state index contributed by atoms with van der Waals surface area (Å²) in [7, 11) is 0. The lowest BCUT2D eigenvalue weighted by molar-refractivity contribution is 0.949. The highest BCUT2D eigenvalue weighted by Gasteiger charge is 2.15. The van der Waals surface area contributed by atoms with Crippen molar-refractivity contribution in [1.29, 1.82) is 0 Å². The van der Waals surface area contributed by atoms with Crippen molar-refractivity contribution >= 4 is 34.3 Å². The van der Waals surface area contributed by atoms with Gasteiger partial charge in [0, 0.05) is 24.2 Å². The van der Waals surface area contributed by atoms with Crippen LogP contribution >= 0.6 is 22.9 Å². The second-order valence-corrected chi connectivity index (χ2v) is 6.34. The number of hydrogen-bond acceptors (Lipinski definition) is 4. The largest absolute Gasteiger partial charge is 0.378 e. The summed E-state index contributed by atoms with van der Waals surface area (Å²) in [5, 5.41) is 3.49. The highest BCUT2D eigenvalue weighted by molar-refractivity contribution is 7.15. The average molecular weight is 294 g/mol. The molecule has 0 aliphatic carbocycles. The van der Waals surface area contributed by atoms with Gasteiger partial charge in [0.15, 0.2) is 4.47 Å². The molecule has 1 N–H and O–H groups in total. The van der Waals surface area contributed by atoms with Crippen LogP contribution in [0.5, 0.6) is 0 Å². The third kappa shape index (κ3) is 3.01. The highest BCUT2D eigenvalue weighted by atomic mass is 35.5. The van der Waals surface area contributed by atoms with Crippen LogP contribution in [0.25, 0.3) is 0 Å². The summed E-state index contributed by atoms with van der Waals surface area (Å²) in [4.78, 5) is 7.66. The Labute approximate surface area is 122 Å². The number of nitrogens with zero attached hydrogens (tertiary/aromatic N) is 2. The van der Waals surface area contributed by atoms with Crippen LogP contribution in [0.1, 0.15) is 17.7 Å². The maximum Gasteiger partial charge on any atom is 0.183 e. The number of rotatable bonds is 4. The van der Waals surface area contributed by atoms with Crippen molar-refractivity contribution in [3.8, 4) is 0 Å². The number of anilines is 2. The fourth-order valence-electron chi connectivity index (χ4n) is 2.40. The predicted octanol–water partition coefficient (Wildman–Crippen LogP) is 4.01. The molecule has 3 nitrogen and oxygen atoms in total. The molecule has 0 atom stereocenters. The highest BCUT2D eigenvalue weighted by Crippen LogP contribution is 2.29. The van der Waals surface area contributed by atoms with Gasteiger partial charge in [-0.1, -0.05) is 23.7 Å². The molecular weight excluding hydrogens is 278 g/mol. The summed E-state index contributed by atoms with van der Waals surface area (Å²) in [5.41, 5.74) is 2.49. The SMILES string of the molecule is Clc1ncc(CNc2ccccc2N2CCCC2)s1. The zero-order chi connectivity index (χ0) is 13.1.